The Balaban J connectivity index is 0.000000196. The number of piperazine rings is 2. The number of ether oxygens (including phenoxy) is 6. The zero-order valence-electron chi connectivity index (χ0n) is 36.9. The maximum Gasteiger partial charge on any atom is 0.246 e. The van der Waals surface area contributed by atoms with Crippen molar-refractivity contribution < 1.29 is 45.3 Å². The molecule has 2 fully saturated rings. The van der Waals surface area contributed by atoms with Crippen molar-refractivity contribution in [1.82, 2.24) is 18.6 Å². The molecule has 0 saturated carbocycles. The standard InChI is InChI=1S/2C22H24ClN3O5S2/c1-29-18-6-4-15(12-20(18)31-3)17-14-32-22(24-17)25-8-10-26(11-9-25)33(27,28)21-13-16(23)5-7-19(21)30-2;1-29-16-5-7-19(30-2)17(13-16)18-14-32-22(24-18)25-8-10-26(11-9-25)33(27,28)21-12-15(23)4-6-20(21)31-3/h2*4-7,12-14H,8-11H2,1-3H3. The van der Waals surface area contributed by atoms with Crippen LogP contribution in [0.2, 0.25) is 10.0 Å². The highest BCUT2D eigenvalue weighted by Gasteiger charge is 2.33. The van der Waals surface area contributed by atoms with Crippen LogP contribution in [0, 0.1) is 0 Å². The van der Waals surface area contributed by atoms with Crippen molar-refractivity contribution in [2.45, 2.75) is 9.79 Å². The Morgan fingerprint density at radius 1 is 0.485 bits per heavy atom. The monoisotopic (exact) mass is 1020 g/mol. The summed E-state index contributed by atoms with van der Waals surface area (Å²) in [6.07, 6.45) is 0. The number of halogens is 2. The molecule has 6 aromatic rings. The number of hydrogen-bond acceptors (Lipinski definition) is 16. The van der Waals surface area contributed by atoms with E-state index in [1.807, 2.05) is 47.2 Å². The summed E-state index contributed by atoms with van der Waals surface area (Å²) in [6, 6.07) is 20.4. The van der Waals surface area contributed by atoms with Gasteiger partial charge in [0.25, 0.3) is 0 Å². The summed E-state index contributed by atoms with van der Waals surface area (Å²) in [6.45, 7) is 3.42. The van der Waals surface area contributed by atoms with Crippen LogP contribution in [0.5, 0.6) is 34.5 Å². The lowest BCUT2D eigenvalue weighted by molar-refractivity contribution is 0.355. The molecule has 0 N–H and O–H groups in total. The fraction of sp³-hybridized carbons (Fsp3) is 0.318. The molecule has 4 heterocycles. The lowest BCUT2D eigenvalue weighted by atomic mass is 10.1. The van der Waals surface area contributed by atoms with E-state index in [4.69, 9.17) is 61.6 Å². The number of rotatable bonds is 14. The molecule has 2 aromatic heterocycles. The smallest absolute Gasteiger partial charge is 0.246 e. The first-order chi connectivity index (χ1) is 31.7. The number of thiazole rings is 2. The van der Waals surface area contributed by atoms with Crippen LogP contribution in [0.15, 0.2) is 93.3 Å². The molecule has 0 bridgehead atoms. The number of aromatic nitrogens is 2. The van der Waals surface area contributed by atoms with Crippen LogP contribution in [0.25, 0.3) is 22.5 Å². The largest absolute Gasteiger partial charge is 0.497 e. The van der Waals surface area contributed by atoms with E-state index in [1.54, 1.807) is 52.7 Å². The van der Waals surface area contributed by atoms with Gasteiger partial charge in [0.2, 0.25) is 20.0 Å². The molecule has 0 aliphatic carbocycles. The summed E-state index contributed by atoms with van der Waals surface area (Å²) in [4.78, 5) is 13.9. The number of nitrogens with zero attached hydrogens (tertiary/aromatic N) is 6. The van der Waals surface area contributed by atoms with Crippen LogP contribution in [0.1, 0.15) is 0 Å². The van der Waals surface area contributed by atoms with E-state index in [0.29, 0.717) is 79.7 Å². The molecule has 352 valence electrons. The predicted molar refractivity (Wildman–Crippen MR) is 259 cm³/mol. The second-order valence-corrected chi connectivity index (χ2v) is 20.9. The van der Waals surface area contributed by atoms with E-state index in [2.05, 4.69) is 9.80 Å². The average Bonchev–Trinajstić information content (AvgIpc) is 4.06. The zero-order chi connectivity index (χ0) is 47.2. The summed E-state index contributed by atoms with van der Waals surface area (Å²) in [5.74, 6) is 3.28. The Kier molecular flexibility index (Phi) is 15.7. The lowest BCUT2D eigenvalue weighted by Crippen LogP contribution is -2.48. The summed E-state index contributed by atoms with van der Waals surface area (Å²) in [5, 5.41) is 6.31. The Morgan fingerprint density at radius 2 is 0.924 bits per heavy atom. The highest BCUT2D eigenvalue weighted by atomic mass is 35.5. The number of sulfonamides is 2. The van der Waals surface area contributed by atoms with Crippen molar-refractivity contribution in [2.24, 2.45) is 0 Å². The van der Waals surface area contributed by atoms with Crippen LogP contribution in [-0.4, -0.2) is 130 Å². The van der Waals surface area contributed by atoms with Gasteiger partial charge in [-0.05, 0) is 72.8 Å². The van der Waals surface area contributed by atoms with Crippen molar-refractivity contribution in [1.29, 1.82) is 0 Å². The Labute approximate surface area is 402 Å². The third-order valence-electron chi connectivity index (χ3n) is 10.9. The Bertz CT molecular complexity index is 2870. The average molecular weight is 1020 g/mol. The summed E-state index contributed by atoms with van der Waals surface area (Å²) < 4.78 is 87.7. The maximum absolute atomic E-state index is 13.2. The molecular formula is C44H48Cl2N6O10S4. The molecule has 22 heteroatoms. The van der Waals surface area contributed by atoms with Gasteiger partial charge in [0, 0.05) is 84.3 Å². The van der Waals surface area contributed by atoms with E-state index in [9.17, 15) is 16.8 Å². The number of benzene rings is 4. The van der Waals surface area contributed by atoms with Gasteiger partial charge in [-0.1, -0.05) is 23.2 Å². The molecule has 4 aromatic carbocycles. The first kappa shape index (κ1) is 48.9. The van der Waals surface area contributed by atoms with E-state index in [-0.39, 0.29) is 21.3 Å². The lowest BCUT2D eigenvalue weighted by Gasteiger charge is -2.34. The number of methoxy groups -OCH3 is 6. The van der Waals surface area contributed by atoms with Crippen LogP contribution in [-0.2, 0) is 20.0 Å². The molecule has 0 radical (unpaired) electrons. The molecule has 0 unspecified atom stereocenters. The number of anilines is 2. The third-order valence-corrected chi connectivity index (χ3v) is 17.0. The normalized spacial score (nSPS) is 14.8. The molecule has 8 rings (SSSR count). The van der Waals surface area contributed by atoms with Gasteiger partial charge in [-0.2, -0.15) is 8.61 Å². The molecule has 0 spiro atoms. The van der Waals surface area contributed by atoms with Crippen molar-refractivity contribution in [3.63, 3.8) is 0 Å². The quantitative estimate of drug-likeness (QED) is 0.103. The first-order valence-corrected chi connectivity index (χ1v) is 25.7. The fourth-order valence-corrected chi connectivity index (χ4v) is 12.8. The van der Waals surface area contributed by atoms with E-state index in [0.717, 1.165) is 38.5 Å². The zero-order valence-corrected chi connectivity index (χ0v) is 41.7. The first-order valence-electron chi connectivity index (χ1n) is 20.3. The van der Waals surface area contributed by atoms with Crippen molar-refractivity contribution in [3.8, 4) is 57.0 Å². The van der Waals surface area contributed by atoms with E-state index in [1.165, 1.54) is 57.6 Å². The minimum Gasteiger partial charge on any atom is -0.497 e. The SMILES string of the molecule is COc1ccc(-c2csc(N3CCN(S(=O)(=O)c4cc(Cl)ccc4OC)CC3)n2)cc1OC.COc1ccc(OC)c(-c2csc(N3CCN(S(=O)(=O)c4cc(Cl)ccc4OC)CC3)n2)c1. The van der Waals surface area contributed by atoms with Crippen molar-refractivity contribution in [2.75, 3.05) is 105 Å². The molecule has 66 heavy (non-hydrogen) atoms. The summed E-state index contributed by atoms with van der Waals surface area (Å²) in [5.41, 5.74) is 3.37. The predicted octanol–water partition coefficient (Wildman–Crippen LogP) is 8.00. The van der Waals surface area contributed by atoms with Crippen molar-refractivity contribution in [3.05, 3.63) is 93.6 Å². The van der Waals surface area contributed by atoms with Crippen LogP contribution < -0.4 is 38.2 Å². The second kappa shape index (κ2) is 21.3. The highest BCUT2D eigenvalue weighted by molar-refractivity contribution is 7.89. The number of hydrogen-bond donors (Lipinski definition) is 0. The minimum atomic E-state index is -3.74. The minimum absolute atomic E-state index is 0.0765. The molecule has 2 aliphatic rings. The van der Waals surface area contributed by atoms with Crippen LogP contribution >= 0.6 is 45.9 Å². The highest BCUT2D eigenvalue weighted by Crippen LogP contribution is 2.38. The molecule has 0 atom stereocenters. The van der Waals surface area contributed by atoms with Crippen molar-refractivity contribution >= 4 is 76.2 Å². The topological polar surface area (TPSA) is 162 Å². The van der Waals surface area contributed by atoms with Gasteiger partial charge in [0.05, 0.1) is 54.0 Å². The van der Waals surface area contributed by atoms with Gasteiger partial charge in [0.1, 0.15) is 32.8 Å². The van der Waals surface area contributed by atoms with E-state index >= 15 is 0 Å². The molecule has 0 amide bonds. The second-order valence-electron chi connectivity index (χ2n) is 14.5. The molecule has 2 aliphatic heterocycles. The molecule has 16 nitrogen and oxygen atoms in total. The maximum atomic E-state index is 13.2. The van der Waals surface area contributed by atoms with Gasteiger partial charge in [-0.25, -0.2) is 26.8 Å². The van der Waals surface area contributed by atoms with Gasteiger partial charge in [-0.15, -0.1) is 22.7 Å². The summed E-state index contributed by atoms with van der Waals surface area (Å²) >= 11 is 15.1. The Hall–Kier alpha value is -5.06. The summed E-state index contributed by atoms with van der Waals surface area (Å²) in [7, 11) is 1.85. The van der Waals surface area contributed by atoms with E-state index < -0.39 is 20.0 Å². The van der Waals surface area contributed by atoms with Gasteiger partial charge < -0.3 is 38.2 Å². The van der Waals surface area contributed by atoms with Gasteiger partial charge in [-0.3, -0.25) is 0 Å². The molecular weight excluding hydrogens is 972 g/mol. The Morgan fingerprint density at radius 3 is 1.39 bits per heavy atom. The fourth-order valence-electron chi connectivity index (χ4n) is 7.31. The third kappa shape index (κ3) is 10.6. The molecule has 2 saturated heterocycles. The van der Waals surface area contributed by atoms with Gasteiger partial charge in [0.15, 0.2) is 21.8 Å². The van der Waals surface area contributed by atoms with Crippen LogP contribution in [0.3, 0.4) is 0 Å². The van der Waals surface area contributed by atoms with Crippen LogP contribution in [0.4, 0.5) is 10.3 Å². The van der Waals surface area contributed by atoms with Gasteiger partial charge >= 0.3 is 0 Å².